The maximum absolute atomic E-state index is 15.7. The number of likely N-dealkylation sites (N-methyl/N-ethyl adjacent to an activating group) is 1. The van der Waals surface area contributed by atoms with Crippen LogP contribution in [-0.2, 0) is 36.9 Å². The number of ketones is 4. The number of nitrogens with one attached hydrogen (secondary N) is 1. The Morgan fingerprint density at radius 1 is 1.26 bits per heavy atom. The Morgan fingerprint density at radius 3 is 2.59 bits per heavy atom. The number of benzene rings is 1. The van der Waals surface area contributed by atoms with E-state index in [9.17, 15) is 34.2 Å². The minimum Gasteiger partial charge on any atom is -0.507 e. The van der Waals surface area contributed by atoms with E-state index in [2.05, 4.69) is 5.32 Å². The van der Waals surface area contributed by atoms with Crippen molar-refractivity contribution in [2.45, 2.75) is 37.5 Å². The highest BCUT2D eigenvalue weighted by Gasteiger charge is 2.69. The summed E-state index contributed by atoms with van der Waals surface area (Å²) in [6, 6.07) is -0.0645. The topological polar surface area (TPSA) is 176 Å². The smallest absolute Gasteiger partial charge is 0.235 e. The van der Waals surface area contributed by atoms with Crippen LogP contribution in [0.1, 0.15) is 34.3 Å². The van der Waals surface area contributed by atoms with Gasteiger partial charge in [0.05, 0.1) is 24.1 Å². The summed E-state index contributed by atoms with van der Waals surface area (Å²) in [5.41, 5.74) is 2.27. The number of fused-ring (bicyclic) bond motifs is 3. The molecule has 210 valence electrons. The highest BCUT2D eigenvalue weighted by molar-refractivity contribution is 6.32. The highest BCUT2D eigenvalue weighted by atomic mass is 19.1. The van der Waals surface area contributed by atoms with E-state index in [1.165, 1.54) is 19.0 Å². The average Bonchev–Trinajstić information content (AvgIpc) is 3.37. The number of rotatable bonds is 6. The molecule has 1 aromatic rings. The lowest BCUT2D eigenvalue weighted by Crippen LogP contribution is -2.74. The standard InChI is InChI=1S/C27H32FN3O8/c1-31(2)21-15-6-12-5-14-18(16(32)7-13(20(14)28)9-30-8-11-3-4-39-10-11)22(33)17(12)24(35)27(15,38)25(36)19(23(21)34)26(29)37/h7,11-12,15,17,19,21,30,32,38H,3-6,8-10H2,1-2H3,(H2,29,37)/t11?,12-,15-,17?,19?,21-,27-/m0/s1. The van der Waals surface area contributed by atoms with Gasteiger partial charge in [-0.3, -0.25) is 28.9 Å². The van der Waals surface area contributed by atoms with E-state index in [0.717, 1.165) is 12.5 Å². The largest absolute Gasteiger partial charge is 0.507 e. The lowest BCUT2D eigenvalue weighted by molar-refractivity contribution is -0.181. The molecule has 1 aromatic carbocycles. The summed E-state index contributed by atoms with van der Waals surface area (Å²) < 4.78 is 21.1. The summed E-state index contributed by atoms with van der Waals surface area (Å²) in [5.74, 6) is -12.1. The Bertz CT molecular complexity index is 1280. The van der Waals surface area contributed by atoms with Gasteiger partial charge < -0.3 is 26.0 Å². The number of hydrogen-bond donors (Lipinski definition) is 4. The van der Waals surface area contributed by atoms with Crippen molar-refractivity contribution in [3.63, 3.8) is 0 Å². The van der Waals surface area contributed by atoms with Crippen molar-refractivity contribution >= 4 is 29.0 Å². The number of primary amides is 1. The van der Waals surface area contributed by atoms with Gasteiger partial charge in [-0.2, -0.15) is 0 Å². The zero-order chi connectivity index (χ0) is 28.4. The minimum atomic E-state index is -2.81. The number of hydrogen-bond acceptors (Lipinski definition) is 10. The molecule has 2 saturated carbocycles. The first-order valence-electron chi connectivity index (χ1n) is 13.1. The van der Waals surface area contributed by atoms with Crippen molar-refractivity contribution in [2.24, 2.45) is 35.3 Å². The van der Waals surface area contributed by atoms with Gasteiger partial charge in [0.15, 0.2) is 34.7 Å². The third-order valence-corrected chi connectivity index (χ3v) is 8.84. The molecular weight excluding hydrogens is 513 g/mol. The van der Waals surface area contributed by atoms with E-state index in [-0.39, 0.29) is 36.1 Å². The van der Waals surface area contributed by atoms with Gasteiger partial charge in [-0.15, -0.1) is 0 Å². The van der Waals surface area contributed by atoms with Crippen LogP contribution in [0.5, 0.6) is 5.75 Å². The third-order valence-electron chi connectivity index (χ3n) is 8.84. The Balaban J connectivity index is 1.50. The average molecular weight is 546 g/mol. The molecule has 0 radical (unpaired) electrons. The monoisotopic (exact) mass is 545 g/mol. The number of carbonyl (C=O) groups excluding carboxylic acids is 5. The zero-order valence-corrected chi connectivity index (χ0v) is 21.7. The summed E-state index contributed by atoms with van der Waals surface area (Å²) in [6.45, 7) is 1.99. The van der Waals surface area contributed by atoms with Crippen molar-refractivity contribution in [3.8, 4) is 5.75 Å². The molecule has 39 heavy (non-hydrogen) atoms. The first-order chi connectivity index (χ1) is 18.4. The van der Waals surface area contributed by atoms with Crippen LogP contribution >= 0.6 is 0 Å². The normalized spacial score (nSPS) is 34.2. The Hall–Kier alpha value is -3.06. The van der Waals surface area contributed by atoms with Gasteiger partial charge in [0.1, 0.15) is 11.6 Å². The lowest BCUT2D eigenvalue weighted by atomic mass is 9.52. The maximum Gasteiger partial charge on any atom is 0.235 e. The number of aliphatic hydroxyl groups is 1. The molecular formula is C27H32FN3O8. The molecule has 3 aliphatic carbocycles. The Kier molecular flexibility index (Phi) is 6.94. The highest BCUT2D eigenvalue weighted by Crippen LogP contribution is 2.51. The van der Waals surface area contributed by atoms with Gasteiger partial charge in [-0.05, 0) is 51.3 Å². The van der Waals surface area contributed by atoms with Crippen LogP contribution < -0.4 is 11.1 Å². The first-order valence-corrected chi connectivity index (χ1v) is 13.1. The number of Topliss-reactive ketones (excluding diaryl/α,β-unsaturated/α-hetero) is 4. The van der Waals surface area contributed by atoms with E-state index in [1.807, 2.05) is 0 Å². The fourth-order valence-corrected chi connectivity index (χ4v) is 6.99. The number of phenolic OH excluding ortho intramolecular Hbond substituents is 1. The molecule has 1 saturated heterocycles. The predicted molar refractivity (Wildman–Crippen MR) is 132 cm³/mol. The molecule has 0 aromatic heterocycles. The maximum atomic E-state index is 15.7. The van der Waals surface area contributed by atoms with Crippen molar-refractivity contribution in [3.05, 3.63) is 28.6 Å². The van der Waals surface area contributed by atoms with Crippen LogP contribution in [0, 0.1) is 35.4 Å². The van der Waals surface area contributed by atoms with Gasteiger partial charge in [-0.25, -0.2) is 4.39 Å². The lowest BCUT2D eigenvalue weighted by Gasteiger charge is -2.52. The van der Waals surface area contributed by atoms with Crippen molar-refractivity contribution in [2.75, 3.05) is 33.9 Å². The van der Waals surface area contributed by atoms with Crippen molar-refractivity contribution in [1.29, 1.82) is 0 Å². The fourth-order valence-electron chi connectivity index (χ4n) is 6.99. The number of amides is 1. The molecule has 1 aliphatic heterocycles. The van der Waals surface area contributed by atoms with E-state index in [4.69, 9.17) is 10.5 Å². The number of carbonyl (C=O) groups is 5. The third kappa shape index (κ3) is 4.12. The van der Waals surface area contributed by atoms with Crippen molar-refractivity contribution in [1.82, 2.24) is 10.2 Å². The molecule has 3 fully saturated rings. The van der Waals surface area contributed by atoms with Gasteiger partial charge in [-0.1, -0.05) is 0 Å². The number of nitrogens with two attached hydrogens (primary N) is 1. The number of halogens is 1. The molecule has 3 unspecified atom stereocenters. The van der Waals surface area contributed by atoms with Crippen LogP contribution in [0.25, 0.3) is 0 Å². The quantitative estimate of drug-likeness (QED) is 0.329. The Labute approximate surface area is 223 Å². The molecule has 12 heteroatoms. The molecule has 7 atom stereocenters. The molecule has 1 heterocycles. The SMILES string of the molecule is CN(C)[C@@H]1C(=O)C(C(N)=O)C(=O)[C@@]2(O)C(=O)C3C(=O)c4c(O)cc(CNCC5CCOC5)c(F)c4C[C@H]3C[C@@H]12. The number of aromatic hydroxyl groups is 1. The molecule has 5 rings (SSSR count). The van der Waals surface area contributed by atoms with E-state index in [1.54, 1.807) is 0 Å². The summed E-state index contributed by atoms with van der Waals surface area (Å²) >= 11 is 0. The summed E-state index contributed by atoms with van der Waals surface area (Å²) in [6.07, 6.45) is 0.646. The molecule has 0 bridgehead atoms. The van der Waals surface area contributed by atoms with E-state index in [0.29, 0.717) is 25.7 Å². The van der Waals surface area contributed by atoms with Crippen LogP contribution in [0.3, 0.4) is 0 Å². The second-order valence-corrected chi connectivity index (χ2v) is 11.4. The summed E-state index contributed by atoms with van der Waals surface area (Å²) in [4.78, 5) is 67.1. The van der Waals surface area contributed by atoms with Crippen LogP contribution in [0.2, 0.25) is 0 Å². The second-order valence-electron chi connectivity index (χ2n) is 11.4. The predicted octanol–water partition coefficient (Wildman–Crippen LogP) is -0.868. The number of phenols is 1. The van der Waals surface area contributed by atoms with Crippen LogP contribution in [-0.4, -0.2) is 89.6 Å². The molecule has 11 nitrogen and oxygen atoms in total. The van der Waals surface area contributed by atoms with Gasteiger partial charge >= 0.3 is 0 Å². The van der Waals surface area contributed by atoms with Crippen LogP contribution in [0.15, 0.2) is 6.07 Å². The first kappa shape index (κ1) is 27.5. The number of ether oxygens (including phenoxy) is 1. The van der Waals surface area contributed by atoms with Crippen LogP contribution in [0.4, 0.5) is 4.39 Å². The second kappa shape index (κ2) is 9.84. The van der Waals surface area contributed by atoms with Gasteiger partial charge in [0.25, 0.3) is 0 Å². The fraction of sp³-hybridized carbons (Fsp3) is 0.593. The van der Waals surface area contributed by atoms with Gasteiger partial charge in [0, 0.05) is 36.7 Å². The molecule has 0 spiro atoms. The summed E-state index contributed by atoms with van der Waals surface area (Å²) in [7, 11) is 3.01. The molecule has 4 aliphatic rings. The zero-order valence-electron chi connectivity index (χ0n) is 21.7. The molecule has 5 N–H and O–H groups in total. The minimum absolute atomic E-state index is 0.0367. The van der Waals surface area contributed by atoms with Gasteiger partial charge in [0.2, 0.25) is 5.91 Å². The van der Waals surface area contributed by atoms with E-state index < -0.39 is 75.9 Å². The molecule has 1 amide bonds. The Morgan fingerprint density at radius 2 is 1.97 bits per heavy atom. The van der Waals surface area contributed by atoms with Crippen molar-refractivity contribution < 1.29 is 43.3 Å². The summed E-state index contributed by atoms with van der Waals surface area (Å²) in [5, 5.41) is 25.5. The van der Waals surface area contributed by atoms with E-state index >= 15 is 4.39 Å². The number of nitrogens with zero attached hydrogens (tertiary/aromatic N) is 1.